The van der Waals surface area contributed by atoms with Gasteiger partial charge in [0, 0.05) is 0 Å². The van der Waals surface area contributed by atoms with E-state index in [1.54, 1.807) is 6.08 Å². The second-order valence-corrected chi connectivity index (χ2v) is 2.68. The molecule has 0 bridgehead atoms. The normalized spacial score (nSPS) is 10.9. The Balaban J connectivity index is 4.01. The molecule has 0 unspecified atom stereocenters. The monoisotopic (exact) mass is 218 g/mol. The van der Waals surface area contributed by atoms with Crippen LogP contribution < -0.4 is 0 Å². The van der Waals surface area contributed by atoms with Crippen molar-refractivity contribution in [1.82, 2.24) is 0 Å². The zero-order valence-electron chi connectivity index (χ0n) is 8.42. The summed E-state index contributed by atoms with van der Waals surface area (Å²) in [7, 11) is 0. The second-order valence-electron chi connectivity index (χ2n) is 2.37. The maximum Gasteiger partial charge on any atom is 0.0865 e. The Hall–Kier alpha value is -1.59. The van der Waals surface area contributed by atoms with Crippen LogP contribution in [-0.4, -0.2) is 17.1 Å². The molecular weight excluding hydrogens is 208 g/mol. The van der Waals surface area contributed by atoms with Gasteiger partial charge in [0.1, 0.15) is 0 Å². The first kappa shape index (κ1) is 13.4. The van der Waals surface area contributed by atoms with E-state index in [0.717, 1.165) is 0 Å². The molecule has 0 aromatic rings. The summed E-state index contributed by atoms with van der Waals surface area (Å²) in [5.74, 6) is 15.8. The minimum Gasteiger partial charge on any atom is -0.388 e. The molecule has 0 saturated carbocycles. The smallest absolute Gasteiger partial charge is 0.0865 e. The van der Waals surface area contributed by atoms with Crippen molar-refractivity contribution in [1.29, 1.82) is 0 Å². The van der Waals surface area contributed by atoms with E-state index in [1.807, 2.05) is 13.0 Å². The Bertz CT molecular complexity index is 399. The summed E-state index contributed by atoms with van der Waals surface area (Å²) in [4.78, 5) is 0. The molecule has 0 fully saturated rings. The summed E-state index contributed by atoms with van der Waals surface area (Å²) in [6.07, 6.45) is 5.91. The summed E-state index contributed by atoms with van der Waals surface area (Å²) in [6, 6.07) is 0. The van der Waals surface area contributed by atoms with Gasteiger partial charge >= 0.3 is 0 Å². The molecule has 76 valence electrons. The standard InChI is InChI=1S/C13H11ClO/c1-2-3-4-5-6-7-8-9-10-11-13(15)12-14/h2-3,10-11,13,15H,12H2,1H3/b3-2+,11-10+/t13-/m0/s1. The third-order valence-corrected chi connectivity index (χ3v) is 1.46. The maximum absolute atomic E-state index is 9.01. The van der Waals surface area contributed by atoms with Crippen LogP contribution in [0.5, 0.6) is 0 Å². The molecule has 0 amide bonds. The van der Waals surface area contributed by atoms with Crippen molar-refractivity contribution in [2.45, 2.75) is 13.0 Å². The van der Waals surface area contributed by atoms with Gasteiger partial charge in [-0.1, -0.05) is 17.9 Å². The average Bonchev–Trinajstić information content (AvgIpc) is 2.26. The fraction of sp³-hybridized carbons (Fsp3) is 0.231. The van der Waals surface area contributed by atoms with E-state index in [1.165, 1.54) is 12.2 Å². The quantitative estimate of drug-likeness (QED) is 0.553. The molecule has 0 saturated heterocycles. The van der Waals surface area contributed by atoms with Gasteiger partial charge in [-0.15, -0.1) is 11.6 Å². The predicted molar refractivity (Wildman–Crippen MR) is 64.0 cm³/mol. The molecule has 0 rings (SSSR count). The highest BCUT2D eigenvalue weighted by Crippen LogP contribution is 1.87. The van der Waals surface area contributed by atoms with Crippen LogP contribution in [0.15, 0.2) is 24.3 Å². The fourth-order valence-electron chi connectivity index (χ4n) is 0.512. The van der Waals surface area contributed by atoms with E-state index >= 15 is 0 Å². The molecular formula is C13H11ClO. The van der Waals surface area contributed by atoms with Crippen molar-refractivity contribution >= 4 is 11.6 Å². The topological polar surface area (TPSA) is 20.2 Å². The Morgan fingerprint density at radius 1 is 1.13 bits per heavy atom. The first-order chi connectivity index (χ1) is 7.31. The SMILES string of the molecule is C/C=C/C#CC#CC#C/C=C/[C@H](O)CCl. The van der Waals surface area contributed by atoms with E-state index < -0.39 is 6.10 Å². The number of hydrogen-bond acceptors (Lipinski definition) is 1. The van der Waals surface area contributed by atoms with Gasteiger partial charge in [0.05, 0.1) is 12.0 Å². The molecule has 1 N–H and O–H groups in total. The number of rotatable bonds is 2. The Kier molecular flexibility index (Phi) is 9.38. The van der Waals surface area contributed by atoms with Crippen LogP contribution in [0.3, 0.4) is 0 Å². The van der Waals surface area contributed by atoms with Crippen molar-refractivity contribution in [3.8, 4) is 35.5 Å². The van der Waals surface area contributed by atoms with Crippen molar-refractivity contribution in [3.05, 3.63) is 24.3 Å². The van der Waals surface area contributed by atoms with Gasteiger partial charge in [-0.2, -0.15) is 0 Å². The minimum absolute atomic E-state index is 0.165. The summed E-state index contributed by atoms with van der Waals surface area (Å²) < 4.78 is 0. The van der Waals surface area contributed by atoms with Crippen molar-refractivity contribution < 1.29 is 5.11 Å². The Labute approximate surface area is 95.8 Å². The lowest BCUT2D eigenvalue weighted by Crippen LogP contribution is -2.01. The van der Waals surface area contributed by atoms with Crippen LogP contribution >= 0.6 is 11.6 Å². The van der Waals surface area contributed by atoms with E-state index in [9.17, 15) is 0 Å². The van der Waals surface area contributed by atoms with Crippen LogP contribution in [0.4, 0.5) is 0 Å². The highest BCUT2D eigenvalue weighted by Gasteiger charge is 1.90. The number of aliphatic hydroxyl groups excluding tert-OH is 1. The number of allylic oxidation sites excluding steroid dienone is 3. The molecule has 0 radical (unpaired) electrons. The third-order valence-electron chi connectivity index (χ3n) is 1.14. The van der Waals surface area contributed by atoms with Crippen LogP contribution in [-0.2, 0) is 0 Å². The largest absolute Gasteiger partial charge is 0.388 e. The predicted octanol–water partition coefficient (Wildman–Crippen LogP) is 1.73. The van der Waals surface area contributed by atoms with Gasteiger partial charge in [0.2, 0.25) is 0 Å². The summed E-state index contributed by atoms with van der Waals surface area (Å²) >= 11 is 5.36. The first-order valence-corrected chi connectivity index (χ1v) is 4.87. The van der Waals surface area contributed by atoms with Gasteiger partial charge < -0.3 is 5.11 Å². The lowest BCUT2D eigenvalue weighted by molar-refractivity contribution is 0.247. The zero-order chi connectivity index (χ0) is 11.4. The molecule has 0 aliphatic rings. The van der Waals surface area contributed by atoms with Crippen LogP contribution in [0.1, 0.15) is 6.92 Å². The number of aliphatic hydroxyl groups is 1. The van der Waals surface area contributed by atoms with E-state index in [4.69, 9.17) is 16.7 Å². The highest BCUT2D eigenvalue weighted by molar-refractivity contribution is 6.18. The molecule has 0 aliphatic heterocycles. The second kappa shape index (κ2) is 10.5. The number of halogens is 1. The third kappa shape index (κ3) is 10.3. The summed E-state index contributed by atoms with van der Waals surface area (Å²) in [5.41, 5.74) is 0. The fourth-order valence-corrected chi connectivity index (χ4v) is 0.615. The molecule has 1 nitrogen and oxygen atoms in total. The number of hydrogen-bond donors (Lipinski definition) is 1. The average molecular weight is 219 g/mol. The highest BCUT2D eigenvalue weighted by atomic mass is 35.5. The van der Waals surface area contributed by atoms with E-state index in [2.05, 4.69) is 35.5 Å². The molecule has 0 aliphatic carbocycles. The summed E-state index contributed by atoms with van der Waals surface area (Å²) in [5, 5.41) is 9.01. The number of alkyl halides is 1. The van der Waals surface area contributed by atoms with Crippen LogP contribution in [0.25, 0.3) is 0 Å². The first-order valence-electron chi connectivity index (χ1n) is 4.34. The van der Waals surface area contributed by atoms with Crippen molar-refractivity contribution in [2.24, 2.45) is 0 Å². The lowest BCUT2D eigenvalue weighted by Gasteiger charge is -1.93. The molecule has 15 heavy (non-hydrogen) atoms. The maximum atomic E-state index is 9.01. The molecule has 2 heteroatoms. The van der Waals surface area contributed by atoms with E-state index in [0.29, 0.717) is 0 Å². The lowest BCUT2D eigenvalue weighted by atomic mass is 10.3. The molecule has 0 aromatic heterocycles. The Morgan fingerprint density at radius 3 is 2.27 bits per heavy atom. The zero-order valence-corrected chi connectivity index (χ0v) is 9.17. The molecule has 0 heterocycles. The van der Waals surface area contributed by atoms with Crippen LogP contribution in [0.2, 0.25) is 0 Å². The molecule has 1 atom stereocenters. The van der Waals surface area contributed by atoms with Crippen molar-refractivity contribution in [3.63, 3.8) is 0 Å². The molecule has 0 aromatic carbocycles. The van der Waals surface area contributed by atoms with Gasteiger partial charge in [0.15, 0.2) is 0 Å². The van der Waals surface area contributed by atoms with Crippen molar-refractivity contribution in [2.75, 3.05) is 5.88 Å². The van der Waals surface area contributed by atoms with Crippen LogP contribution in [0, 0.1) is 35.5 Å². The Morgan fingerprint density at radius 2 is 1.73 bits per heavy atom. The van der Waals surface area contributed by atoms with Gasteiger partial charge in [-0.25, -0.2) is 0 Å². The van der Waals surface area contributed by atoms with Gasteiger partial charge in [0.25, 0.3) is 0 Å². The van der Waals surface area contributed by atoms with E-state index in [-0.39, 0.29) is 5.88 Å². The minimum atomic E-state index is -0.650. The molecule has 0 spiro atoms. The summed E-state index contributed by atoms with van der Waals surface area (Å²) in [6.45, 7) is 1.88. The van der Waals surface area contributed by atoms with Gasteiger partial charge in [-0.05, 0) is 48.8 Å². The van der Waals surface area contributed by atoms with Gasteiger partial charge in [-0.3, -0.25) is 0 Å².